The van der Waals surface area contributed by atoms with Crippen LogP contribution in [0.3, 0.4) is 0 Å². The molecule has 2 aromatic rings. The second-order valence-corrected chi connectivity index (χ2v) is 6.00. The maximum absolute atomic E-state index is 5.65. The molecule has 2 saturated heterocycles. The Morgan fingerprint density at radius 3 is 1.43 bits per heavy atom. The van der Waals surface area contributed by atoms with E-state index in [2.05, 4.69) is 24.3 Å². The van der Waals surface area contributed by atoms with Gasteiger partial charge in [0, 0.05) is 0 Å². The Kier molecular flexibility index (Phi) is 4.18. The van der Waals surface area contributed by atoms with Crippen LogP contribution in [-0.4, -0.2) is 38.6 Å². The Morgan fingerprint density at radius 2 is 1.09 bits per heavy atom. The molecule has 120 valence electrons. The normalized spacial score (nSPS) is 21.7. The topological polar surface area (TPSA) is 43.5 Å². The van der Waals surface area contributed by atoms with Crippen LogP contribution < -0.4 is 9.47 Å². The lowest BCUT2D eigenvalue weighted by Gasteiger charge is -2.07. The molecule has 0 unspecified atom stereocenters. The minimum Gasteiger partial charge on any atom is -0.491 e. The SMILES string of the molecule is c1cc(OC[C@H]2CO2)ccc1Cc1ccc(OC[C@H]2CO2)cc1. The van der Waals surface area contributed by atoms with Gasteiger partial charge >= 0.3 is 0 Å². The molecular formula is C19H20O4. The number of epoxide rings is 2. The summed E-state index contributed by atoms with van der Waals surface area (Å²) < 4.78 is 21.6. The van der Waals surface area contributed by atoms with Gasteiger partial charge in [-0.15, -0.1) is 0 Å². The summed E-state index contributed by atoms with van der Waals surface area (Å²) in [5.41, 5.74) is 2.53. The Labute approximate surface area is 135 Å². The lowest BCUT2D eigenvalue weighted by Crippen LogP contribution is -2.04. The van der Waals surface area contributed by atoms with Gasteiger partial charge in [-0.25, -0.2) is 0 Å². The Hall–Kier alpha value is -2.04. The molecule has 4 rings (SSSR count). The smallest absolute Gasteiger partial charge is 0.119 e. The number of hydrogen-bond donors (Lipinski definition) is 0. The molecule has 2 heterocycles. The number of hydrogen-bond acceptors (Lipinski definition) is 4. The zero-order chi connectivity index (χ0) is 15.5. The molecular weight excluding hydrogens is 292 g/mol. The van der Waals surface area contributed by atoms with E-state index in [4.69, 9.17) is 18.9 Å². The first kappa shape index (κ1) is 14.5. The molecule has 0 saturated carbocycles. The first-order valence-corrected chi connectivity index (χ1v) is 8.02. The minimum absolute atomic E-state index is 0.293. The monoisotopic (exact) mass is 312 g/mol. The fraction of sp³-hybridized carbons (Fsp3) is 0.368. The van der Waals surface area contributed by atoms with Gasteiger partial charge in [-0.2, -0.15) is 0 Å². The first-order valence-electron chi connectivity index (χ1n) is 8.02. The molecule has 2 aliphatic heterocycles. The third-order valence-electron chi connectivity index (χ3n) is 3.93. The molecule has 2 aliphatic rings. The van der Waals surface area contributed by atoms with Gasteiger partial charge in [0.15, 0.2) is 0 Å². The van der Waals surface area contributed by atoms with E-state index in [1.54, 1.807) is 0 Å². The molecule has 0 spiro atoms. The maximum Gasteiger partial charge on any atom is 0.119 e. The fourth-order valence-electron chi connectivity index (χ4n) is 2.35. The summed E-state index contributed by atoms with van der Waals surface area (Å²) in [7, 11) is 0. The van der Waals surface area contributed by atoms with Gasteiger partial charge in [0.05, 0.1) is 13.2 Å². The van der Waals surface area contributed by atoms with Crippen LogP contribution in [0.25, 0.3) is 0 Å². The van der Waals surface area contributed by atoms with Crippen LogP contribution in [0, 0.1) is 0 Å². The molecule has 0 aromatic heterocycles. The van der Waals surface area contributed by atoms with Crippen molar-refractivity contribution in [3.63, 3.8) is 0 Å². The molecule has 4 heteroatoms. The van der Waals surface area contributed by atoms with Gasteiger partial charge in [-0.1, -0.05) is 24.3 Å². The summed E-state index contributed by atoms with van der Waals surface area (Å²) in [4.78, 5) is 0. The van der Waals surface area contributed by atoms with E-state index in [1.807, 2.05) is 24.3 Å². The van der Waals surface area contributed by atoms with E-state index in [0.717, 1.165) is 31.1 Å². The van der Waals surface area contributed by atoms with E-state index in [9.17, 15) is 0 Å². The highest BCUT2D eigenvalue weighted by molar-refractivity contribution is 5.34. The fourth-order valence-corrected chi connectivity index (χ4v) is 2.35. The van der Waals surface area contributed by atoms with Gasteiger partial charge in [0.25, 0.3) is 0 Å². The van der Waals surface area contributed by atoms with Crippen LogP contribution >= 0.6 is 0 Å². The molecule has 2 atom stereocenters. The van der Waals surface area contributed by atoms with Crippen molar-refractivity contribution in [1.82, 2.24) is 0 Å². The van der Waals surface area contributed by atoms with E-state index >= 15 is 0 Å². The van der Waals surface area contributed by atoms with Crippen molar-refractivity contribution in [2.24, 2.45) is 0 Å². The molecule has 23 heavy (non-hydrogen) atoms. The lowest BCUT2D eigenvalue weighted by molar-refractivity contribution is 0.263. The highest BCUT2D eigenvalue weighted by atomic mass is 16.6. The minimum atomic E-state index is 0.293. The Morgan fingerprint density at radius 1 is 0.696 bits per heavy atom. The third kappa shape index (κ3) is 4.47. The quantitative estimate of drug-likeness (QED) is 0.703. The van der Waals surface area contributed by atoms with E-state index < -0.39 is 0 Å². The molecule has 0 N–H and O–H groups in total. The highest BCUT2D eigenvalue weighted by Gasteiger charge is 2.23. The van der Waals surface area contributed by atoms with Crippen molar-refractivity contribution < 1.29 is 18.9 Å². The standard InChI is InChI=1S/C19H20O4/c1-5-16(20-10-18-12-22-18)6-2-14(1)9-15-3-7-17(8-4-15)21-11-19-13-23-19/h1-8,18-19H,9-13H2/t18-,19-/m0/s1. The van der Waals surface area contributed by atoms with Crippen LogP contribution in [0.15, 0.2) is 48.5 Å². The molecule has 4 nitrogen and oxygen atoms in total. The van der Waals surface area contributed by atoms with Gasteiger partial charge in [0.1, 0.15) is 36.9 Å². The predicted molar refractivity (Wildman–Crippen MR) is 86.2 cm³/mol. The van der Waals surface area contributed by atoms with Crippen LogP contribution in [0.1, 0.15) is 11.1 Å². The van der Waals surface area contributed by atoms with Gasteiger partial charge in [0.2, 0.25) is 0 Å². The van der Waals surface area contributed by atoms with Gasteiger partial charge in [-0.3, -0.25) is 0 Å². The number of benzene rings is 2. The van der Waals surface area contributed by atoms with E-state index in [1.165, 1.54) is 11.1 Å². The number of ether oxygens (including phenoxy) is 4. The molecule has 0 aliphatic carbocycles. The zero-order valence-electron chi connectivity index (χ0n) is 12.9. The summed E-state index contributed by atoms with van der Waals surface area (Å²) in [5.74, 6) is 1.80. The average molecular weight is 312 g/mol. The lowest BCUT2D eigenvalue weighted by atomic mass is 10.0. The number of rotatable bonds is 8. The molecule has 0 bridgehead atoms. The van der Waals surface area contributed by atoms with E-state index in [-0.39, 0.29) is 0 Å². The van der Waals surface area contributed by atoms with Crippen molar-refractivity contribution in [3.8, 4) is 11.5 Å². The average Bonchev–Trinajstić information content (AvgIpc) is 3.48. The van der Waals surface area contributed by atoms with E-state index in [0.29, 0.717) is 25.4 Å². The van der Waals surface area contributed by atoms with Gasteiger partial charge in [-0.05, 0) is 41.8 Å². The summed E-state index contributed by atoms with van der Waals surface area (Å²) in [6, 6.07) is 16.5. The molecule has 0 radical (unpaired) electrons. The van der Waals surface area contributed by atoms with Gasteiger partial charge < -0.3 is 18.9 Å². The highest BCUT2D eigenvalue weighted by Crippen LogP contribution is 2.20. The van der Waals surface area contributed by atoms with Crippen molar-refractivity contribution in [2.45, 2.75) is 18.6 Å². The summed E-state index contributed by atoms with van der Waals surface area (Å²) in [5, 5.41) is 0. The zero-order valence-corrected chi connectivity index (χ0v) is 12.9. The largest absolute Gasteiger partial charge is 0.491 e. The summed E-state index contributed by atoms with van der Waals surface area (Å²) in [6.07, 6.45) is 1.49. The second-order valence-electron chi connectivity index (χ2n) is 6.00. The Balaban J connectivity index is 1.29. The molecule has 2 fully saturated rings. The second kappa shape index (κ2) is 6.60. The van der Waals surface area contributed by atoms with Crippen LogP contribution in [0.4, 0.5) is 0 Å². The predicted octanol–water partition coefficient (Wildman–Crippen LogP) is 2.83. The summed E-state index contributed by atoms with van der Waals surface area (Å²) >= 11 is 0. The molecule has 2 aromatic carbocycles. The van der Waals surface area contributed by atoms with Crippen molar-refractivity contribution in [2.75, 3.05) is 26.4 Å². The van der Waals surface area contributed by atoms with Crippen molar-refractivity contribution in [1.29, 1.82) is 0 Å². The van der Waals surface area contributed by atoms with Crippen LogP contribution in [0.2, 0.25) is 0 Å². The van der Waals surface area contributed by atoms with Crippen molar-refractivity contribution >= 4 is 0 Å². The maximum atomic E-state index is 5.65. The Bertz CT molecular complexity index is 570. The third-order valence-corrected chi connectivity index (χ3v) is 3.93. The van der Waals surface area contributed by atoms with Crippen LogP contribution in [0.5, 0.6) is 11.5 Å². The first-order chi connectivity index (χ1) is 11.3. The molecule has 0 amide bonds. The van der Waals surface area contributed by atoms with Crippen molar-refractivity contribution in [3.05, 3.63) is 59.7 Å². The van der Waals surface area contributed by atoms with Crippen LogP contribution in [-0.2, 0) is 15.9 Å². The summed E-state index contributed by atoms with van der Waals surface area (Å²) in [6.45, 7) is 2.94.